The third kappa shape index (κ3) is 6.40. The van der Waals surface area contributed by atoms with Crippen LogP contribution in [0.3, 0.4) is 0 Å². The van der Waals surface area contributed by atoms with Gasteiger partial charge >= 0.3 is 0 Å². The molecule has 1 aromatic carbocycles. The van der Waals surface area contributed by atoms with Crippen molar-refractivity contribution < 1.29 is 4.79 Å². The Bertz CT molecular complexity index is 829. The first kappa shape index (κ1) is 25.5. The molecule has 2 N–H and O–H groups in total. The van der Waals surface area contributed by atoms with Gasteiger partial charge in [-0.05, 0) is 38.5 Å². The first-order valence-electron chi connectivity index (χ1n) is 10.5. The van der Waals surface area contributed by atoms with Crippen LogP contribution < -0.4 is 10.6 Å². The van der Waals surface area contributed by atoms with E-state index in [1.807, 2.05) is 10.9 Å². The average Bonchev–Trinajstić information content (AvgIpc) is 3.37. The van der Waals surface area contributed by atoms with Gasteiger partial charge in [0.2, 0.25) is 5.91 Å². The number of benzene rings is 1. The Morgan fingerprint density at radius 2 is 1.94 bits per heavy atom. The predicted octanol–water partition coefficient (Wildman–Crippen LogP) is 1.58. The van der Waals surface area contributed by atoms with Crippen LogP contribution in [-0.4, -0.2) is 83.6 Å². The SMILES string of the molecule is CNC(=O)[C@@H]1C[C@@H](n2cc(-c3ccc(CN4CCCN(C)CC4)cc3)nn2)CN1.Cl.Cl. The number of rotatable bonds is 5. The molecular weight excluding hydrogens is 437 g/mol. The zero-order valence-electron chi connectivity index (χ0n) is 18.2. The van der Waals surface area contributed by atoms with Crippen LogP contribution in [0, 0.1) is 0 Å². The van der Waals surface area contributed by atoms with Crippen LogP contribution in [0.2, 0.25) is 0 Å². The molecular formula is C21H33Cl2N7O. The first-order valence-corrected chi connectivity index (χ1v) is 10.5. The van der Waals surface area contributed by atoms with Crippen molar-refractivity contribution in [2.75, 3.05) is 46.8 Å². The van der Waals surface area contributed by atoms with E-state index in [1.165, 1.54) is 18.5 Å². The molecule has 0 aliphatic carbocycles. The highest BCUT2D eigenvalue weighted by molar-refractivity contribution is 5.85. The summed E-state index contributed by atoms with van der Waals surface area (Å²) in [5.74, 6) is 0.0273. The van der Waals surface area contributed by atoms with Crippen molar-refractivity contribution in [2.45, 2.75) is 31.5 Å². The van der Waals surface area contributed by atoms with Gasteiger partial charge < -0.3 is 15.5 Å². The van der Waals surface area contributed by atoms with Crippen LogP contribution >= 0.6 is 24.8 Å². The lowest BCUT2D eigenvalue weighted by Gasteiger charge is -2.20. The molecule has 0 unspecified atom stereocenters. The number of likely N-dealkylation sites (N-methyl/N-ethyl adjacent to an activating group) is 2. The van der Waals surface area contributed by atoms with Gasteiger partial charge in [0, 0.05) is 38.8 Å². The molecule has 4 rings (SSSR count). The second-order valence-electron chi connectivity index (χ2n) is 8.18. The molecule has 2 atom stereocenters. The summed E-state index contributed by atoms with van der Waals surface area (Å²) in [5.41, 5.74) is 3.28. The second-order valence-corrected chi connectivity index (χ2v) is 8.18. The standard InChI is InChI=1S/C21H31N7O.2ClH/c1-22-21(29)19-12-18(13-23-19)28-15-20(24-25-28)17-6-4-16(5-7-17)14-27-9-3-8-26(2)10-11-27;;/h4-7,15,18-19,23H,3,8-14H2,1-2H3,(H,22,29);2*1H/t18-,19+;;/m1../s1. The maximum Gasteiger partial charge on any atom is 0.236 e. The van der Waals surface area contributed by atoms with Gasteiger partial charge in [-0.25, -0.2) is 4.68 Å². The molecule has 2 aliphatic heterocycles. The number of nitrogens with one attached hydrogen (secondary N) is 2. The molecule has 3 heterocycles. The molecule has 10 heteroatoms. The topological polar surface area (TPSA) is 78.3 Å². The van der Waals surface area contributed by atoms with Crippen molar-refractivity contribution >= 4 is 30.7 Å². The number of halogens is 2. The molecule has 2 aromatic rings. The molecule has 31 heavy (non-hydrogen) atoms. The molecule has 0 radical (unpaired) electrons. The Morgan fingerprint density at radius 1 is 1.16 bits per heavy atom. The highest BCUT2D eigenvalue weighted by Gasteiger charge is 2.30. The largest absolute Gasteiger partial charge is 0.358 e. The number of carbonyl (C=O) groups is 1. The van der Waals surface area contributed by atoms with Gasteiger partial charge in [-0.15, -0.1) is 29.9 Å². The van der Waals surface area contributed by atoms with E-state index < -0.39 is 0 Å². The van der Waals surface area contributed by atoms with E-state index in [1.54, 1.807) is 7.05 Å². The Hall–Kier alpha value is -1.71. The Morgan fingerprint density at radius 3 is 2.68 bits per heavy atom. The Kier molecular flexibility index (Phi) is 9.71. The molecule has 0 saturated carbocycles. The van der Waals surface area contributed by atoms with E-state index in [-0.39, 0.29) is 42.8 Å². The van der Waals surface area contributed by atoms with Gasteiger partial charge in [0.15, 0.2) is 0 Å². The minimum atomic E-state index is -0.157. The smallest absolute Gasteiger partial charge is 0.236 e. The number of hydrogen-bond donors (Lipinski definition) is 2. The third-order valence-corrected chi connectivity index (χ3v) is 6.02. The average molecular weight is 470 g/mol. The number of nitrogens with zero attached hydrogens (tertiary/aromatic N) is 5. The van der Waals surface area contributed by atoms with Crippen molar-refractivity contribution in [1.82, 2.24) is 35.4 Å². The van der Waals surface area contributed by atoms with Gasteiger partial charge in [-0.3, -0.25) is 9.69 Å². The molecule has 172 valence electrons. The molecule has 2 aliphatic rings. The summed E-state index contributed by atoms with van der Waals surface area (Å²) >= 11 is 0. The molecule has 0 bridgehead atoms. The highest BCUT2D eigenvalue weighted by Crippen LogP contribution is 2.23. The zero-order valence-corrected chi connectivity index (χ0v) is 19.8. The Labute approximate surface area is 196 Å². The van der Waals surface area contributed by atoms with E-state index in [9.17, 15) is 4.79 Å². The third-order valence-electron chi connectivity index (χ3n) is 6.02. The quantitative estimate of drug-likeness (QED) is 0.691. The summed E-state index contributed by atoms with van der Waals surface area (Å²) in [6, 6.07) is 8.65. The van der Waals surface area contributed by atoms with Gasteiger partial charge in [-0.2, -0.15) is 0 Å². The van der Waals surface area contributed by atoms with Gasteiger partial charge in [0.25, 0.3) is 0 Å². The monoisotopic (exact) mass is 469 g/mol. The summed E-state index contributed by atoms with van der Waals surface area (Å²) in [6.45, 7) is 6.33. The maximum atomic E-state index is 11.8. The van der Waals surface area contributed by atoms with E-state index in [0.717, 1.165) is 50.4 Å². The Balaban J connectivity index is 0.00000171. The molecule has 0 spiro atoms. The van der Waals surface area contributed by atoms with Crippen LogP contribution in [0.5, 0.6) is 0 Å². The zero-order chi connectivity index (χ0) is 20.2. The minimum absolute atomic E-state index is 0. The van der Waals surface area contributed by atoms with Crippen LogP contribution in [0.25, 0.3) is 11.3 Å². The van der Waals surface area contributed by atoms with Crippen molar-refractivity contribution in [3.05, 3.63) is 36.0 Å². The fourth-order valence-corrected chi connectivity index (χ4v) is 4.18. The van der Waals surface area contributed by atoms with E-state index >= 15 is 0 Å². The molecule has 8 nitrogen and oxygen atoms in total. The summed E-state index contributed by atoms with van der Waals surface area (Å²) in [6.07, 6.45) is 3.94. The lowest BCUT2D eigenvalue weighted by molar-refractivity contribution is -0.122. The number of aromatic nitrogens is 3. The van der Waals surface area contributed by atoms with Crippen molar-refractivity contribution in [3.8, 4) is 11.3 Å². The van der Waals surface area contributed by atoms with Crippen molar-refractivity contribution in [1.29, 1.82) is 0 Å². The van der Waals surface area contributed by atoms with Gasteiger partial charge in [0.1, 0.15) is 5.69 Å². The van der Waals surface area contributed by atoms with E-state index in [4.69, 9.17) is 0 Å². The molecule has 1 amide bonds. The predicted molar refractivity (Wildman–Crippen MR) is 127 cm³/mol. The lowest BCUT2D eigenvalue weighted by atomic mass is 10.1. The second kappa shape index (κ2) is 11.8. The van der Waals surface area contributed by atoms with E-state index in [2.05, 4.69) is 62.1 Å². The summed E-state index contributed by atoms with van der Waals surface area (Å²) in [4.78, 5) is 16.7. The van der Waals surface area contributed by atoms with E-state index in [0.29, 0.717) is 0 Å². The summed E-state index contributed by atoms with van der Waals surface area (Å²) in [5, 5.41) is 14.6. The van der Waals surface area contributed by atoms with Gasteiger partial charge in [-0.1, -0.05) is 29.5 Å². The normalized spacial score (nSPS) is 22.3. The van der Waals surface area contributed by atoms with Crippen molar-refractivity contribution in [3.63, 3.8) is 0 Å². The summed E-state index contributed by atoms with van der Waals surface area (Å²) in [7, 11) is 3.87. The molecule has 2 saturated heterocycles. The van der Waals surface area contributed by atoms with Crippen LogP contribution in [0.1, 0.15) is 24.4 Å². The van der Waals surface area contributed by atoms with Crippen LogP contribution in [0.15, 0.2) is 30.5 Å². The minimum Gasteiger partial charge on any atom is -0.358 e. The summed E-state index contributed by atoms with van der Waals surface area (Å²) < 4.78 is 1.88. The first-order chi connectivity index (χ1) is 14.1. The lowest BCUT2D eigenvalue weighted by Crippen LogP contribution is -2.38. The number of carbonyl (C=O) groups excluding carboxylic acids is 1. The van der Waals surface area contributed by atoms with Gasteiger partial charge in [0.05, 0.1) is 18.3 Å². The highest BCUT2D eigenvalue weighted by atomic mass is 35.5. The van der Waals surface area contributed by atoms with Crippen LogP contribution in [0.4, 0.5) is 0 Å². The molecule has 1 aromatic heterocycles. The maximum absolute atomic E-state index is 11.8. The van der Waals surface area contributed by atoms with Crippen molar-refractivity contribution in [2.24, 2.45) is 0 Å². The fraction of sp³-hybridized carbons (Fsp3) is 0.571. The van der Waals surface area contributed by atoms with Crippen LogP contribution in [-0.2, 0) is 11.3 Å². The number of hydrogen-bond acceptors (Lipinski definition) is 6. The fourth-order valence-electron chi connectivity index (χ4n) is 4.18. The molecule has 2 fully saturated rings. The number of amides is 1.